The number of hydrogen-bond donors (Lipinski definition) is 1. The minimum Gasteiger partial charge on any atom is -0.390 e. The van der Waals surface area contributed by atoms with Crippen molar-refractivity contribution in [1.29, 1.82) is 0 Å². The quantitative estimate of drug-likeness (QED) is 0.800. The topological polar surface area (TPSA) is 73.1 Å². The highest BCUT2D eigenvalue weighted by atomic mass is 16.5. The zero-order chi connectivity index (χ0) is 16.2. The number of aromatic nitrogens is 1. The van der Waals surface area contributed by atoms with Gasteiger partial charge in [-0.1, -0.05) is 5.16 Å². The lowest BCUT2D eigenvalue weighted by atomic mass is 10.2. The third-order valence-corrected chi connectivity index (χ3v) is 4.60. The number of piperazine rings is 1. The average molecular weight is 322 g/mol. The molecule has 1 unspecified atom stereocenters. The first-order valence-corrected chi connectivity index (χ1v) is 8.43. The minimum absolute atomic E-state index is 0.178. The smallest absolute Gasteiger partial charge is 0.222 e. The van der Waals surface area contributed by atoms with Crippen molar-refractivity contribution in [3.8, 4) is 0 Å². The lowest BCUT2D eigenvalue weighted by Crippen LogP contribution is -2.49. The number of likely N-dealkylation sites (tertiary alicyclic amines) is 1. The maximum atomic E-state index is 11.6. The van der Waals surface area contributed by atoms with Crippen molar-refractivity contribution in [3.63, 3.8) is 0 Å². The maximum Gasteiger partial charge on any atom is 0.222 e. The van der Waals surface area contributed by atoms with E-state index in [4.69, 9.17) is 4.52 Å². The summed E-state index contributed by atoms with van der Waals surface area (Å²) in [5.41, 5.74) is 0.975. The van der Waals surface area contributed by atoms with Crippen molar-refractivity contribution in [2.75, 3.05) is 45.8 Å². The van der Waals surface area contributed by atoms with Gasteiger partial charge in [-0.15, -0.1) is 0 Å². The highest BCUT2D eigenvalue weighted by Gasteiger charge is 2.25. The molecule has 3 rings (SSSR count). The summed E-state index contributed by atoms with van der Waals surface area (Å²) in [6.07, 6.45) is 1.10. The lowest BCUT2D eigenvalue weighted by molar-refractivity contribution is -0.129. The van der Waals surface area contributed by atoms with E-state index < -0.39 is 6.10 Å². The lowest BCUT2D eigenvalue weighted by Gasteiger charge is -2.35. The predicted octanol–water partition coefficient (Wildman–Crippen LogP) is 0.0839. The van der Waals surface area contributed by atoms with Gasteiger partial charge in [-0.2, -0.15) is 0 Å². The first-order valence-electron chi connectivity index (χ1n) is 8.43. The molecule has 0 bridgehead atoms. The number of aliphatic hydroxyl groups excluding tert-OH is 1. The van der Waals surface area contributed by atoms with E-state index in [2.05, 4.69) is 15.0 Å². The Labute approximate surface area is 136 Å². The van der Waals surface area contributed by atoms with Crippen molar-refractivity contribution in [1.82, 2.24) is 19.9 Å². The molecule has 2 fully saturated rings. The molecule has 0 aliphatic carbocycles. The molecule has 1 atom stereocenters. The predicted molar refractivity (Wildman–Crippen MR) is 84.8 cm³/mol. The Hall–Kier alpha value is -1.44. The molecule has 2 saturated heterocycles. The number of nitrogens with zero attached hydrogens (tertiary/aromatic N) is 4. The summed E-state index contributed by atoms with van der Waals surface area (Å²) in [4.78, 5) is 18.0. The molecule has 1 aromatic heterocycles. The van der Waals surface area contributed by atoms with Gasteiger partial charge >= 0.3 is 0 Å². The van der Waals surface area contributed by atoms with E-state index in [1.54, 1.807) is 4.90 Å². The average Bonchev–Trinajstić information content (AvgIpc) is 3.10. The molecule has 1 N–H and O–H groups in total. The monoisotopic (exact) mass is 322 g/mol. The highest BCUT2D eigenvalue weighted by Crippen LogP contribution is 2.12. The number of β-amino-alcohol motifs (C(OH)–C–C–N with tert-alkyl or cyclic N) is 1. The van der Waals surface area contributed by atoms with E-state index in [0.29, 0.717) is 19.5 Å². The van der Waals surface area contributed by atoms with Crippen LogP contribution >= 0.6 is 0 Å². The van der Waals surface area contributed by atoms with Crippen LogP contribution in [-0.4, -0.2) is 82.8 Å². The molecule has 2 aliphatic rings. The van der Waals surface area contributed by atoms with Gasteiger partial charge in [0, 0.05) is 64.8 Å². The van der Waals surface area contributed by atoms with Gasteiger partial charge < -0.3 is 14.5 Å². The van der Waals surface area contributed by atoms with Crippen molar-refractivity contribution < 1.29 is 14.4 Å². The second-order valence-electron chi connectivity index (χ2n) is 6.60. The Bertz CT molecular complexity index is 525. The number of aliphatic hydroxyl groups is 1. The van der Waals surface area contributed by atoms with Gasteiger partial charge in [0.1, 0.15) is 5.76 Å². The molecule has 0 aromatic carbocycles. The molecule has 0 spiro atoms. The van der Waals surface area contributed by atoms with Crippen LogP contribution in [0.1, 0.15) is 24.3 Å². The van der Waals surface area contributed by atoms with Crippen LogP contribution in [-0.2, 0) is 11.3 Å². The molecule has 0 saturated carbocycles. The molecule has 3 heterocycles. The highest BCUT2D eigenvalue weighted by molar-refractivity contribution is 5.78. The van der Waals surface area contributed by atoms with Crippen LogP contribution in [0.3, 0.4) is 0 Å². The Balaban J connectivity index is 1.37. The van der Waals surface area contributed by atoms with Crippen molar-refractivity contribution >= 4 is 5.91 Å². The van der Waals surface area contributed by atoms with Crippen LogP contribution in [0.2, 0.25) is 0 Å². The van der Waals surface area contributed by atoms with Gasteiger partial charge in [0.25, 0.3) is 0 Å². The normalized spacial score (nSPS) is 22.0. The number of carbonyl (C=O) groups excluding carboxylic acids is 1. The number of amides is 1. The second kappa shape index (κ2) is 7.42. The first kappa shape index (κ1) is 16.4. The van der Waals surface area contributed by atoms with Gasteiger partial charge in [0.15, 0.2) is 0 Å². The molecular formula is C16H26N4O3. The third-order valence-electron chi connectivity index (χ3n) is 4.60. The molecule has 0 radical (unpaired) electrons. The largest absolute Gasteiger partial charge is 0.390 e. The van der Waals surface area contributed by atoms with E-state index in [0.717, 1.165) is 57.1 Å². The first-order chi connectivity index (χ1) is 11.1. The summed E-state index contributed by atoms with van der Waals surface area (Å²) in [5, 5.41) is 14.2. The van der Waals surface area contributed by atoms with Crippen LogP contribution < -0.4 is 0 Å². The summed E-state index contributed by atoms with van der Waals surface area (Å²) in [7, 11) is 0. The fourth-order valence-corrected chi connectivity index (χ4v) is 3.36. The molecule has 7 heteroatoms. The molecule has 128 valence electrons. The van der Waals surface area contributed by atoms with Gasteiger partial charge in [0.05, 0.1) is 11.8 Å². The van der Waals surface area contributed by atoms with E-state index >= 15 is 0 Å². The Morgan fingerprint density at radius 1 is 1.22 bits per heavy atom. The summed E-state index contributed by atoms with van der Waals surface area (Å²) >= 11 is 0. The van der Waals surface area contributed by atoms with Crippen LogP contribution in [0.5, 0.6) is 0 Å². The summed E-state index contributed by atoms with van der Waals surface area (Å²) in [6, 6.07) is 1.98. The van der Waals surface area contributed by atoms with Crippen LogP contribution in [0.15, 0.2) is 10.6 Å². The Kier molecular flexibility index (Phi) is 5.30. The molecule has 2 aliphatic heterocycles. The fourth-order valence-electron chi connectivity index (χ4n) is 3.36. The summed E-state index contributed by atoms with van der Waals surface area (Å²) in [5.74, 6) is 1.02. The maximum absolute atomic E-state index is 11.6. The standard InChI is InChI=1S/C16H26N4O3/c1-13-9-14(17-23-13)10-18-5-7-19(8-6-18)11-15(21)12-20-4-2-3-16(20)22/h9,15,21H,2-8,10-12H2,1H3. The molecule has 1 aromatic rings. The van der Waals surface area contributed by atoms with Crippen molar-refractivity contribution in [2.45, 2.75) is 32.4 Å². The van der Waals surface area contributed by atoms with E-state index in [9.17, 15) is 9.90 Å². The number of rotatable bonds is 6. The molecule has 7 nitrogen and oxygen atoms in total. The number of carbonyl (C=O) groups is 1. The van der Waals surface area contributed by atoms with Gasteiger partial charge in [-0.25, -0.2) is 0 Å². The van der Waals surface area contributed by atoms with E-state index in [-0.39, 0.29) is 5.91 Å². The Morgan fingerprint density at radius 3 is 2.57 bits per heavy atom. The number of hydrogen-bond acceptors (Lipinski definition) is 6. The van der Waals surface area contributed by atoms with Crippen molar-refractivity contribution in [2.24, 2.45) is 0 Å². The fraction of sp³-hybridized carbons (Fsp3) is 0.750. The zero-order valence-electron chi connectivity index (χ0n) is 13.8. The SMILES string of the molecule is Cc1cc(CN2CCN(CC(O)CN3CCCC3=O)CC2)no1. The summed E-state index contributed by atoms with van der Waals surface area (Å²) in [6.45, 7) is 8.40. The van der Waals surface area contributed by atoms with Crippen LogP contribution in [0, 0.1) is 6.92 Å². The molecule has 1 amide bonds. The van der Waals surface area contributed by atoms with Crippen LogP contribution in [0.4, 0.5) is 0 Å². The van der Waals surface area contributed by atoms with Crippen LogP contribution in [0.25, 0.3) is 0 Å². The number of aryl methyl sites for hydroxylation is 1. The second-order valence-corrected chi connectivity index (χ2v) is 6.60. The van der Waals surface area contributed by atoms with E-state index in [1.165, 1.54) is 0 Å². The molecule has 23 heavy (non-hydrogen) atoms. The minimum atomic E-state index is -0.457. The van der Waals surface area contributed by atoms with Gasteiger partial charge in [-0.05, 0) is 13.3 Å². The molecular weight excluding hydrogens is 296 g/mol. The van der Waals surface area contributed by atoms with Crippen molar-refractivity contribution in [3.05, 3.63) is 17.5 Å². The summed E-state index contributed by atoms with van der Waals surface area (Å²) < 4.78 is 5.10. The Morgan fingerprint density at radius 2 is 1.96 bits per heavy atom. The third kappa shape index (κ3) is 4.53. The van der Waals surface area contributed by atoms with Gasteiger partial charge in [-0.3, -0.25) is 14.6 Å². The zero-order valence-corrected chi connectivity index (χ0v) is 13.8. The van der Waals surface area contributed by atoms with Gasteiger partial charge in [0.2, 0.25) is 5.91 Å². The van der Waals surface area contributed by atoms with E-state index in [1.807, 2.05) is 13.0 Å².